The Kier molecular flexibility index (Phi) is 32.7. The van der Waals surface area contributed by atoms with Crippen molar-refractivity contribution in [2.75, 3.05) is 82.1 Å². The fourth-order valence-corrected chi connectivity index (χ4v) is 13.0. The molecular formula is C73H105ClFIN12O12. The van der Waals surface area contributed by atoms with Crippen LogP contribution >= 0.6 is 34.2 Å². The van der Waals surface area contributed by atoms with Gasteiger partial charge in [-0.25, -0.2) is 4.39 Å². The number of nitrogens with zero attached hydrogens (tertiary/aromatic N) is 8. The van der Waals surface area contributed by atoms with Crippen LogP contribution in [0.3, 0.4) is 0 Å². The number of carbonyl (C=O) groups is 12. The lowest BCUT2D eigenvalue weighted by Crippen LogP contribution is -2.61. The Morgan fingerprint density at radius 3 is 1.68 bits per heavy atom. The summed E-state index contributed by atoms with van der Waals surface area (Å²) in [6, 6.07) is 8.50. The zero-order valence-corrected chi connectivity index (χ0v) is 63.5. The highest BCUT2D eigenvalue weighted by molar-refractivity contribution is 14.1. The van der Waals surface area contributed by atoms with Crippen LogP contribution in [0.15, 0.2) is 72.8 Å². The van der Waals surface area contributed by atoms with Crippen LogP contribution in [-0.2, 0) is 76.8 Å². The highest BCUT2D eigenvalue weighted by atomic mass is 127. The van der Waals surface area contributed by atoms with Crippen LogP contribution in [0, 0.1) is 27.1 Å². The predicted molar refractivity (Wildman–Crippen MR) is 388 cm³/mol. The first-order valence-electron chi connectivity index (χ1n) is 34.7. The van der Waals surface area contributed by atoms with Gasteiger partial charge >= 0.3 is 0 Å². The number of halogens is 3. The molecule has 3 aromatic carbocycles. The number of unbranched alkanes of at least 4 members (excludes halogenated alkanes) is 1. The molecule has 24 nitrogen and oxygen atoms in total. The summed E-state index contributed by atoms with van der Waals surface area (Å²) < 4.78 is 15.4. The lowest BCUT2D eigenvalue weighted by molar-refractivity contribution is -0.151. The molecule has 4 N–H and O–H groups in total. The molecule has 100 heavy (non-hydrogen) atoms. The monoisotopic (exact) mass is 1520 g/mol. The number of hydrogen-bond donors (Lipinski definition) is 4. The third-order valence-corrected chi connectivity index (χ3v) is 19.7. The predicted octanol–water partition coefficient (Wildman–Crippen LogP) is 5.48. The van der Waals surface area contributed by atoms with Gasteiger partial charge in [0.1, 0.15) is 54.2 Å². The highest BCUT2D eigenvalue weighted by Crippen LogP contribution is 2.24. The van der Waals surface area contributed by atoms with E-state index < -0.39 is 157 Å². The smallest absolute Gasteiger partial charge is 0.245 e. The van der Waals surface area contributed by atoms with E-state index >= 15 is 19.2 Å². The van der Waals surface area contributed by atoms with Gasteiger partial charge in [0.15, 0.2) is 0 Å². The van der Waals surface area contributed by atoms with Crippen molar-refractivity contribution in [1.82, 2.24) is 60.5 Å². The van der Waals surface area contributed by atoms with E-state index in [0.29, 0.717) is 66.9 Å². The van der Waals surface area contributed by atoms with Crippen molar-refractivity contribution in [1.29, 1.82) is 0 Å². The lowest BCUT2D eigenvalue weighted by atomic mass is 9.95. The fraction of sp³-hybridized carbons (Fsp3) is 0.589. The first kappa shape index (κ1) is 82.9. The first-order valence-corrected chi connectivity index (χ1v) is 36.1. The van der Waals surface area contributed by atoms with Gasteiger partial charge in [-0.15, -0.1) is 0 Å². The van der Waals surface area contributed by atoms with E-state index in [2.05, 4.69) is 43.9 Å². The molecule has 1 unspecified atom stereocenters. The second-order valence-electron chi connectivity index (χ2n) is 27.7. The lowest BCUT2D eigenvalue weighted by Gasteiger charge is -2.38. The second-order valence-corrected chi connectivity index (χ2v) is 29.4. The first-order chi connectivity index (χ1) is 47.1. The molecule has 550 valence electrons. The van der Waals surface area contributed by atoms with Gasteiger partial charge in [-0.1, -0.05) is 116 Å². The van der Waals surface area contributed by atoms with Gasteiger partial charge in [0.05, 0.1) is 26.1 Å². The van der Waals surface area contributed by atoms with Gasteiger partial charge in [-0.2, -0.15) is 0 Å². The molecule has 2 aliphatic rings. The molecule has 0 radical (unpaired) electrons. The average Bonchev–Trinajstić information content (AvgIpc) is 0.821. The van der Waals surface area contributed by atoms with E-state index in [0.717, 1.165) is 34.5 Å². The minimum Gasteiger partial charge on any atom is -0.343 e. The molecule has 3 aromatic rings. The van der Waals surface area contributed by atoms with Gasteiger partial charge in [0.2, 0.25) is 70.9 Å². The zero-order chi connectivity index (χ0) is 74.4. The maximum atomic E-state index is 15.4. The van der Waals surface area contributed by atoms with E-state index in [-0.39, 0.29) is 50.4 Å². The molecule has 0 spiro atoms. The summed E-state index contributed by atoms with van der Waals surface area (Å²) in [6.07, 6.45) is 2.82. The number of likely N-dealkylation sites (tertiary alicyclic amines) is 1. The molecule has 27 heteroatoms. The van der Waals surface area contributed by atoms with Gasteiger partial charge in [0.25, 0.3) is 0 Å². The molecule has 2 heterocycles. The van der Waals surface area contributed by atoms with Gasteiger partial charge in [-0.05, 0) is 132 Å². The third kappa shape index (κ3) is 24.2. The summed E-state index contributed by atoms with van der Waals surface area (Å²) in [7, 11) is 9.67. The molecule has 0 bridgehead atoms. The van der Waals surface area contributed by atoms with Crippen LogP contribution in [0.2, 0.25) is 5.02 Å². The van der Waals surface area contributed by atoms with Crippen molar-refractivity contribution >= 4 is 105 Å². The summed E-state index contributed by atoms with van der Waals surface area (Å²) in [5.41, 5.74) is 1.66. The largest absolute Gasteiger partial charge is 0.343 e. The van der Waals surface area contributed by atoms with Crippen molar-refractivity contribution < 1.29 is 61.9 Å². The Balaban J connectivity index is 1.67. The van der Waals surface area contributed by atoms with E-state index in [1.165, 1.54) is 83.4 Å². The molecular weight excluding hydrogens is 1420 g/mol. The van der Waals surface area contributed by atoms with E-state index in [1.807, 2.05) is 53.7 Å². The van der Waals surface area contributed by atoms with Crippen LogP contribution in [0.1, 0.15) is 129 Å². The molecule has 2 aliphatic heterocycles. The Labute approximate surface area is 608 Å². The normalized spacial score (nSPS) is 23.4. The molecule has 9 atom stereocenters. The van der Waals surface area contributed by atoms with E-state index in [1.54, 1.807) is 48.2 Å². The number of nitrogens with one attached hydrogen (secondary N) is 4. The van der Waals surface area contributed by atoms with Crippen LogP contribution in [0.25, 0.3) is 0 Å². The molecule has 0 saturated carbocycles. The van der Waals surface area contributed by atoms with Crippen LogP contribution in [0.4, 0.5) is 4.39 Å². The van der Waals surface area contributed by atoms with Crippen LogP contribution in [0.5, 0.6) is 0 Å². The number of carbonyl (C=O) groups excluding carboxylic acids is 12. The van der Waals surface area contributed by atoms with E-state index in [9.17, 15) is 42.7 Å². The van der Waals surface area contributed by atoms with Crippen molar-refractivity contribution in [2.24, 2.45) is 17.8 Å². The summed E-state index contributed by atoms with van der Waals surface area (Å²) in [5.74, 6) is -9.93. The molecule has 5 rings (SSSR count). The van der Waals surface area contributed by atoms with Gasteiger partial charge < -0.3 is 60.5 Å². The molecule has 0 aromatic heterocycles. The Bertz CT molecular complexity index is 3340. The summed E-state index contributed by atoms with van der Waals surface area (Å²) >= 11 is 8.37. The Hall–Kier alpha value is -7.75. The average molecular weight is 1520 g/mol. The number of hydrogen-bond acceptors (Lipinski definition) is 12. The van der Waals surface area contributed by atoms with Crippen LogP contribution in [-0.4, -0.2) is 240 Å². The number of benzene rings is 3. The second kappa shape index (κ2) is 39.5. The Morgan fingerprint density at radius 2 is 1.09 bits per heavy atom. The van der Waals surface area contributed by atoms with Crippen LogP contribution < -0.4 is 21.3 Å². The molecule has 2 fully saturated rings. The quantitative estimate of drug-likeness (QED) is 0.130. The topological polar surface area (TPSA) is 279 Å². The number of rotatable bonds is 16. The SMILES string of the molecule is CCCC[C@@H]1NC(=O)[C@H](Cc2cccc(I)c2)NC(=O)CN(C)C(=O)[C@H](Cc2ccc(Cl)cc2)N(C)C(=O)CN(C)C(=O)CN(C)C(=O)[C@H]([C@@H](C)CC)NC(=O)[C@H](CC(C)C)N(C)C(=O)CC(C(=O)N2CCCCC2)N(C)C(=O)[C@H](CC(C)C)NC(=O)[C@H](Cc2ccc(F)cc2)N(C)C1=O. The maximum Gasteiger partial charge on any atom is 0.245 e. The summed E-state index contributed by atoms with van der Waals surface area (Å²) in [6.45, 7) is 11.8. The number of likely N-dealkylation sites (N-methyl/N-ethyl adjacent to an activating group) is 7. The standard InChI is InChI=1S/C73H105ClFIN12O12/c1-15-17-24-54-69(96)86(13)58(39-49-27-31-52(75)32-28-49)67(94)79-56(35-45(3)4)70(97)87(14)60(72(99)88-33-19-18-20-34-88)41-62(90)84(11)57(36-46(5)6)68(95)80-65(47(7)16-2)73(100)83(10)43-63(91)81(8)44-64(92)85(12)59(40-48-25-29-51(74)30-26-48)71(98)82(9)42-61(89)77-55(66(93)78-54)38-50-22-21-23-53(76)37-50/h21-23,25-32,37,45-47,54-60,65H,15-20,24,33-36,38-44H2,1-14H3,(H,77,89)(H,78,93)(H,79,94)(H,80,95)/t47-,54-,55-,56-,57-,58-,59-,60?,65-/m0/s1. The van der Waals surface area contributed by atoms with Gasteiger partial charge in [0, 0.05) is 90.3 Å². The number of amides is 12. The number of piperidine rings is 1. The summed E-state index contributed by atoms with van der Waals surface area (Å²) in [5, 5.41) is 11.9. The third-order valence-electron chi connectivity index (χ3n) is 18.8. The van der Waals surface area contributed by atoms with Gasteiger partial charge in [-0.3, -0.25) is 57.5 Å². The molecule has 0 aliphatic carbocycles. The maximum absolute atomic E-state index is 15.4. The Morgan fingerprint density at radius 1 is 0.540 bits per heavy atom. The van der Waals surface area contributed by atoms with Crippen molar-refractivity contribution in [2.45, 2.75) is 180 Å². The van der Waals surface area contributed by atoms with E-state index in [4.69, 9.17) is 11.6 Å². The van der Waals surface area contributed by atoms with Crippen molar-refractivity contribution in [3.05, 3.63) is 104 Å². The molecule has 12 amide bonds. The zero-order valence-electron chi connectivity index (χ0n) is 60.6. The summed E-state index contributed by atoms with van der Waals surface area (Å²) in [4.78, 5) is 188. The fourth-order valence-electron chi connectivity index (χ4n) is 12.3. The minimum absolute atomic E-state index is 0.0223. The van der Waals surface area contributed by atoms with Crippen molar-refractivity contribution in [3.8, 4) is 0 Å². The highest BCUT2D eigenvalue weighted by Gasteiger charge is 2.42. The minimum atomic E-state index is -1.45. The molecule has 2 saturated heterocycles. The van der Waals surface area contributed by atoms with Crippen molar-refractivity contribution in [3.63, 3.8) is 0 Å².